The van der Waals surface area contributed by atoms with Crippen LogP contribution < -0.4 is 10.6 Å². The Balaban J connectivity index is 1.78. The minimum Gasteiger partial charge on any atom is -0.353 e. The molecule has 104 valence electrons. The molecular weight excluding hydrogens is 236 g/mol. The van der Waals surface area contributed by atoms with E-state index in [2.05, 4.69) is 41.8 Å². The molecule has 0 aliphatic heterocycles. The number of rotatable bonds is 5. The van der Waals surface area contributed by atoms with Gasteiger partial charge in [0.2, 0.25) is 5.91 Å². The lowest BCUT2D eigenvalue weighted by Gasteiger charge is -2.25. The summed E-state index contributed by atoms with van der Waals surface area (Å²) in [5.41, 5.74) is 2.89. The van der Waals surface area contributed by atoms with E-state index >= 15 is 0 Å². The van der Waals surface area contributed by atoms with Gasteiger partial charge in [-0.05, 0) is 43.7 Å². The maximum absolute atomic E-state index is 11.7. The number of benzene rings is 1. The van der Waals surface area contributed by atoms with Crippen LogP contribution in [0.1, 0.15) is 37.8 Å². The van der Waals surface area contributed by atoms with Gasteiger partial charge in [-0.1, -0.05) is 31.2 Å². The second kappa shape index (κ2) is 6.71. The van der Waals surface area contributed by atoms with Crippen molar-refractivity contribution in [1.29, 1.82) is 0 Å². The Labute approximate surface area is 115 Å². The third kappa shape index (κ3) is 4.06. The highest BCUT2D eigenvalue weighted by Crippen LogP contribution is 2.20. The molecular formula is C16H24N2O. The molecule has 0 spiro atoms. The van der Waals surface area contributed by atoms with Gasteiger partial charge in [-0.15, -0.1) is 0 Å². The van der Waals surface area contributed by atoms with Gasteiger partial charge < -0.3 is 10.6 Å². The van der Waals surface area contributed by atoms with E-state index in [1.807, 2.05) is 6.92 Å². The highest BCUT2D eigenvalue weighted by molar-refractivity contribution is 5.78. The van der Waals surface area contributed by atoms with Crippen LogP contribution in [0.3, 0.4) is 0 Å². The van der Waals surface area contributed by atoms with Gasteiger partial charge in [0, 0.05) is 12.1 Å². The third-order valence-electron chi connectivity index (χ3n) is 3.92. The lowest BCUT2D eigenvalue weighted by molar-refractivity contribution is -0.121. The predicted octanol–water partition coefficient (Wildman–Crippen LogP) is 2.05. The number of nitrogens with one attached hydrogen (secondary N) is 2. The summed E-state index contributed by atoms with van der Waals surface area (Å²) in [5.74, 6) is 0.105. The molecule has 0 bridgehead atoms. The first-order valence-electron chi connectivity index (χ1n) is 7.28. The highest BCUT2D eigenvalue weighted by Gasteiger charge is 2.18. The van der Waals surface area contributed by atoms with Crippen molar-refractivity contribution in [3.8, 4) is 0 Å². The van der Waals surface area contributed by atoms with E-state index < -0.39 is 0 Å². The molecule has 1 aliphatic carbocycles. The zero-order chi connectivity index (χ0) is 13.7. The fourth-order valence-electron chi connectivity index (χ4n) is 2.54. The number of hydrogen-bond donors (Lipinski definition) is 2. The van der Waals surface area contributed by atoms with Gasteiger partial charge in [-0.2, -0.15) is 0 Å². The average Bonchev–Trinajstić information content (AvgIpc) is 2.44. The van der Waals surface area contributed by atoms with Gasteiger partial charge in [0.05, 0.1) is 6.54 Å². The van der Waals surface area contributed by atoms with Gasteiger partial charge in [-0.3, -0.25) is 4.79 Å². The van der Waals surface area contributed by atoms with Gasteiger partial charge in [0.15, 0.2) is 0 Å². The van der Waals surface area contributed by atoms with Crippen molar-refractivity contribution in [2.75, 3.05) is 6.54 Å². The van der Waals surface area contributed by atoms with E-state index in [4.69, 9.17) is 0 Å². The van der Waals surface area contributed by atoms with Gasteiger partial charge in [-0.25, -0.2) is 0 Å². The molecule has 0 saturated carbocycles. The summed E-state index contributed by atoms with van der Waals surface area (Å²) in [6, 6.07) is 9.30. The first-order valence-corrected chi connectivity index (χ1v) is 7.28. The van der Waals surface area contributed by atoms with E-state index in [1.165, 1.54) is 11.1 Å². The van der Waals surface area contributed by atoms with Crippen molar-refractivity contribution in [2.45, 2.75) is 51.6 Å². The van der Waals surface area contributed by atoms with Crippen molar-refractivity contribution in [3.63, 3.8) is 0 Å². The minimum atomic E-state index is 0.105. The molecule has 1 aromatic rings. The zero-order valence-corrected chi connectivity index (χ0v) is 11.9. The van der Waals surface area contributed by atoms with E-state index in [9.17, 15) is 4.79 Å². The average molecular weight is 260 g/mol. The molecule has 1 amide bonds. The molecule has 0 fully saturated rings. The van der Waals surface area contributed by atoms with Crippen molar-refractivity contribution >= 4 is 5.91 Å². The molecule has 2 N–H and O–H groups in total. The Morgan fingerprint density at radius 1 is 1.37 bits per heavy atom. The van der Waals surface area contributed by atoms with Crippen LogP contribution in [-0.4, -0.2) is 24.5 Å². The van der Waals surface area contributed by atoms with Crippen molar-refractivity contribution in [1.82, 2.24) is 10.6 Å². The fraction of sp³-hybridized carbons (Fsp3) is 0.562. The van der Waals surface area contributed by atoms with Gasteiger partial charge in [0.1, 0.15) is 0 Å². The van der Waals surface area contributed by atoms with Crippen LogP contribution in [0, 0.1) is 0 Å². The van der Waals surface area contributed by atoms with Gasteiger partial charge in [0.25, 0.3) is 0 Å². The molecule has 1 aromatic carbocycles. The first kappa shape index (κ1) is 14.1. The van der Waals surface area contributed by atoms with Crippen molar-refractivity contribution in [3.05, 3.63) is 35.4 Å². The molecule has 3 nitrogen and oxygen atoms in total. The zero-order valence-electron chi connectivity index (χ0n) is 11.9. The van der Waals surface area contributed by atoms with Crippen LogP contribution in [0.4, 0.5) is 0 Å². The molecule has 0 saturated heterocycles. The Bertz CT molecular complexity index is 431. The highest BCUT2D eigenvalue weighted by atomic mass is 16.1. The Kier molecular flexibility index (Phi) is 4.97. The minimum absolute atomic E-state index is 0.105. The number of carbonyl (C=O) groups is 1. The van der Waals surface area contributed by atoms with Crippen LogP contribution >= 0.6 is 0 Å². The molecule has 3 heteroatoms. The van der Waals surface area contributed by atoms with Crippen LogP contribution in [-0.2, 0) is 17.6 Å². The number of amides is 1. The van der Waals surface area contributed by atoms with Gasteiger partial charge >= 0.3 is 0 Å². The largest absolute Gasteiger partial charge is 0.353 e. The van der Waals surface area contributed by atoms with Crippen molar-refractivity contribution < 1.29 is 4.79 Å². The lowest BCUT2D eigenvalue weighted by atomic mass is 9.88. The normalized spacial score (nSPS) is 19.6. The quantitative estimate of drug-likeness (QED) is 0.850. The molecule has 0 radical (unpaired) electrons. The molecule has 1 aliphatic rings. The van der Waals surface area contributed by atoms with E-state index in [0.717, 1.165) is 25.7 Å². The fourth-order valence-corrected chi connectivity index (χ4v) is 2.54. The summed E-state index contributed by atoms with van der Waals surface area (Å²) in [6.07, 6.45) is 4.24. The number of aryl methyl sites for hydroxylation is 1. The topological polar surface area (TPSA) is 41.1 Å². The van der Waals surface area contributed by atoms with Crippen LogP contribution in [0.2, 0.25) is 0 Å². The first-order chi connectivity index (χ1) is 9.19. The summed E-state index contributed by atoms with van der Waals surface area (Å²) in [4.78, 5) is 11.7. The van der Waals surface area contributed by atoms with Crippen LogP contribution in [0.15, 0.2) is 24.3 Å². The number of fused-ring (bicyclic) bond motifs is 1. The third-order valence-corrected chi connectivity index (χ3v) is 3.92. The SMILES string of the molecule is CCC(C)NC(=O)CNC1CCc2ccccc2C1. The van der Waals surface area contributed by atoms with Crippen molar-refractivity contribution in [2.24, 2.45) is 0 Å². The van der Waals surface area contributed by atoms with E-state index in [-0.39, 0.29) is 11.9 Å². The molecule has 2 unspecified atom stereocenters. The summed E-state index contributed by atoms with van der Waals surface area (Å²) < 4.78 is 0. The molecule has 19 heavy (non-hydrogen) atoms. The molecule has 2 atom stereocenters. The monoisotopic (exact) mass is 260 g/mol. The molecule has 0 aromatic heterocycles. The Hall–Kier alpha value is -1.35. The smallest absolute Gasteiger partial charge is 0.234 e. The maximum atomic E-state index is 11.7. The van der Waals surface area contributed by atoms with E-state index in [1.54, 1.807) is 0 Å². The lowest BCUT2D eigenvalue weighted by Crippen LogP contribution is -2.43. The predicted molar refractivity (Wildman–Crippen MR) is 78.2 cm³/mol. The summed E-state index contributed by atoms with van der Waals surface area (Å²) in [7, 11) is 0. The standard InChI is InChI=1S/C16H24N2O/c1-3-12(2)18-16(19)11-17-15-9-8-13-6-4-5-7-14(13)10-15/h4-7,12,15,17H,3,8-11H2,1-2H3,(H,18,19). The summed E-state index contributed by atoms with van der Waals surface area (Å²) in [6.45, 7) is 4.54. The second-order valence-corrected chi connectivity index (χ2v) is 5.47. The Morgan fingerprint density at radius 2 is 2.11 bits per heavy atom. The number of carbonyl (C=O) groups excluding carboxylic acids is 1. The van der Waals surface area contributed by atoms with Crippen LogP contribution in [0.5, 0.6) is 0 Å². The van der Waals surface area contributed by atoms with E-state index in [0.29, 0.717) is 12.6 Å². The van der Waals surface area contributed by atoms with Crippen LogP contribution in [0.25, 0.3) is 0 Å². The Morgan fingerprint density at radius 3 is 2.84 bits per heavy atom. The summed E-state index contributed by atoms with van der Waals surface area (Å²) in [5, 5.41) is 6.37. The summed E-state index contributed by atoms with van der Waals surface area (Å²) >= 11 is 0. The molecule has 0 heterocycles. The maximum Gasteiger partial charge on any atom is 0.234 e. The second-order valence-electron chi connectivity index (χ2n) is 5.47. The molecule has 2 rings (SSSR count). The number of hydrogen-bond acceptors (Lipinski definition) is 2.